The number of guanidine groups is 1. The van der Waals surface area contributed by atoms with Crippen molar-refractivity contribution in [2.75, 3.05) is 50.7 Å². The van der Waals surface area contributed by atoms with Crippen molar-refractivity contribution in [2.24, 2.45) is 4.99 Å². The Morgan fingerprint density at radius 3 is 2.58 bits per heavy atom. The van der Waals surface area contributed by atoms with Crippen LogP contribution in [0.15, 0.2) is 29.3 Å². The van der Waals surface area contributed by atoms with Crippen LogP contribution >= 0.6 is 35.5 Å². The van der Waals surface area contributed by atoms with E-state index in [1.165, 1.54) is 17.6 Å². The zero-order valence-electron chi connectivity index (χ0n) is 17.9. The highest BCUT2D eigenvalue weighted by molar-refractivity contribution is 14.0. The quantitative estimate of drug-likeness (QED) is 0.206. The molecule has 1 aliphatic heterocycles. The van der Waals surface area contributed by atoms with Crippen molar-refractivity contribution in [3.05, 3.63) is 35.7 Å². The van der Waals surface area contributed by atoms with Gasteiger partial charge < -0.3 is 25.5 Å². The second-order valence-electron chi connectivity index (χ2n) is 6.83. The average molecular weight is 559 g/mol. The zero-order valence-corrected chi connectivity index (χ0v) is 21.0. The molecule has 0 unspecified atom stereocenters. The topological polar surface area (TPSA) is 106 Å². The number of hydrogen-bond acceptors (Lipinski definition) is 7. The van der Waals surface area contributed by atoms with E-state index < -0.39 is 0 Å². The van der Waals surface area contributed by atoms with Gasteiger partial charge in [0.25, 0.3) is 5.91 Å². The van der Waals surface area contributed by atoms with Crippen molar-refractivity contribution < 1.29 is 9.90 Å². The van der Waals surface area contributed by atoms with Crippen LogP contribution in [-0.4, -0.2) is 77.0 Å². The van der Waals surface area contributed by atoms with Crippen molar-refractivity contribution in [3.8, 4) is 5.75 Å². The first-order valence-electron chi connectivity index (χ1n) is 10.3. The van der Waals surface area contributed by atoms with Crippen LogP contribution in [0.25, 0.3) is 0 Å². The maximum absolute atomic E-state index is 12.2. The molecule has 31 heavy (non-hydrogen) atoms. The minimum Gasteiger partial charge on any atom is -0.507 e. The highest BCUT2D eigenvalue weighted by Crippen LogP contribution is 2.19. The Kier molecular flexibility index (Phi) is 10.2. The molecule has 0 aliphatic carbocycles. The van der Waals surface area contributed by atoms with Crippen LogP contribution in [0.3, 0.4) is 0 Å². The van der Waals surface area contributed by atoms with Gasteiger partial charge in [0.2, 0.25) is 5.13 Å². The summed E-state index contributed by atoms with van der Waals surface area (Å²) in [5.41, 5.74) is 0.271. The third kappa shape index (κ3) is 6.92. The SMILES string of the molecule is CCNC(=NCCNC(=O)c1ccccc1O)N1CCN(c2nc(CC)ns2)CC1.I. The van der Waals surface area contributed by atoms with Crippen LogP contribution in [0.1, 0.15) is 30.0 Å². The lowest BCUT2D eigenvalue weighted by atomic mass is 10.2. The van der Waals surface area contributed by atoms with E-state index in [0.29, 0.717) is 13.1 Å². The van der Waals surface area contributed by atoms with E-state index in [-0.39, 0.29) is 41.2 Å². The van der Waals surface area contributed by atoms with Gasteiger partial charge in [-0.1, -0.05) is 19.1 Å². The van der Waals surface area contributed by atoms with Crippen LogP contribution in [0.4, 0.5) is 5.13 Å². The van der Waals surface area contributed by atoms with Gasteiger partial charge in [0.15, 0.2) is 5.96 Å². The summed E-state index contributed by atoms with van der Waals surface area (Å²) in [6, 6.07) is 6.51. The number of benzene rings is 1. The minimum absolute atomic E-state index is 0. The van der Waals surface area contributed by atoms with Gasteiger partial charge in [0.1, 0.15) is 11.6 Å². The Morgan fingerprint density at radius 1 is 1.19 bits per heavy atom. The molecular weight excluding hydrogens is 529 g/mol. The van der Waals surface area contributed by atoms with Gasteiger partial charge in [-0.25, -0.2) is 4.98 Å². The lowest BCUT2D eigenvalue weighted by Crippen LogP contribution is -2.52. The molecule has 3 rings (SSSR count). The van der Waals surface area contributed by atoms with Crippen molar-refractivity contribution in [3.63, 3.8) is 0 Å². The standard InChI is InChI=1S/C20H29N7O2S.HI/c1-3-17-24-20(30-25-17)27-13-11-26(12-14-27)19(21-4-2)23-10-9-22-18(29)15-7-5-6-8-16(15)28;/h5-8,28H,3-4,9-14H2,1-2H3,(H,21,23)(H,22,29);1H. The summed E-state index contributed by atoms with van der Waals surface area (Å²) in [5, 5.41) is 16.9. The maximum atomic E-state index is 12.2. The number of aryl methyl sites for hydroxylation is 1. The fourth-order valence-electron chi connectivity index (χ4n) is 3.14. The molecule has 0 saturated carbocycles. The number of phenolic OH excluding ortho intramolecular Hbond substituents is 1. The highest BCUT2D eigenvalue weighted by atomic mass is 127. The molecule has 2 aromatic rings. The largest absolute Gasteiger partial charge is 0.507 e. The van der Waals surface area contributed by atoms with Crippen LogP contribution in [0, 0.1) is 0 Å². The summed E-state index contributed by atoms with van der Waals surface area (Å²) in [7, 11) is 0. The molecule has 170 valence electrons. The Hall–Kier alpha value is -2.15. The number of rotatable bonds is 7. The number of piperazine rings is 1. The number of phenols is 1. The summed E-state index contributed by atoms with van der Waals surface area (Å²) in [6.07, 6.45) is 0.855. The molecular formula is C20H30IN7O2S. The Bertz CT molecular complexity index is 869. The second kappa shape index (κ2) is 12.6. The Morgan fingerprint density at radius 2 is 1.94 bits per heavy atom. The fraction of sp³-hybridized carbons (Fsp3) is 0.500. The van der Waals surface area contributed by atoms with Crippen molar-refractivity contribution in [1.29, 1.82) is 0 Å². The number of nitrogens with one attached hydrogen (secondary N) is 2. The molecule has 11 heteroatoms. The molecule has 0 radical (unpaired) electrons. The van der Waals surface area contributed by atoms with Gasteiger partial charge in [-0.2, -0.15) is 4.37 Å². The lowest BCUT2D eigenvalue weighted by molar-refractivity contribution is 0.0952. The smallest absolute Gasteiger partial charge is 0.255 e. The third-order valence-electron chi connectivity index (χ3n) is 4.77. The number of aromatic hydroxyl groups is 1. The molecule has 0 atom stereocenters. The average Bonchev–Trinajstić information content (AvgIpc) is 3.25. The van der Waals surface area contributed by atoms with E-state index in [9.17, 15) is 9.90 Å². The van der Waals surface area contributed by atoms with E-state index in [4.69, 9.17) is 0 Å². The molecule has 1 aromatic carbocycles. The van der Waals surface area contributed by atoms with E-state index in [2.05, 4.69) is 41.7 Å². The first-order valence-corrected chi connectivity index (χ1v) is 11.1. The highest BCUT2D eigenvalue weighted by Gasteiger charge is 2.22. The molecule has 1 fully saturated rings. The minimum atomic E-state index is -0.301. The number of aliphatic imine (C=N–C) groups is 1. The summed E-state index contributed by atoms with van der Waals surface area (Å²) in [5.74, 6) is 1.43. The summed E-state index contributed by atoms with van der Waals surface area (Å²) < 4.78 is 4.37. The van der Waals surface area contributed by atoms with Crippen molar-refractivity contribution >= 4 is 52.5 Å². The zero-order chi connectivity index (χ0) is 21.3. The van der Waals surface area contributed by atoms with Crippen LogP contribution in [0.2, 0.25) is 0 Å². The van der Waals surface area contributed by atoms with E-state index in [1.807, 2.05) is 6.92 Å². The molecule has 1 amide bonds. The number of halogens is 1. The Balaban J connectivity index is 0.00000341. The molecule has 0 bridgehead atoms. The summed E-state index contributed by atoms with van der Waals surface area (Å²) >= 11 is 1.46. The predicted octanol–water partition coefficient (Wildman–Crippen LogP) is 1.94. The fourth-order valence-corrected chi connectivity index (χ4v) is 3.95. The number of amides is 1. The monoisotopic (exact) mass is 559 g/mol. The van der Waals surface area contributed by atoms with Gasteiger partial charge in [-0.15, -0.1) is 24.0 Å². The number of anilines is 1. The first-order chi connectivity index (χ1) is 14.6. The lowest BCUT2D eigenvalue weighted by Gasteiger charge is -2.36. The van der Waals surface area contributed by atoms with Crippen molar-refractivity contribution in [1.82, 2.24) is 24.9 Å². The number of carbonyl (C=O) groups is 1. The Labute approximate surface area is 204 Å². The molecule has 9 nitrogen and oxygen atoms in total. The number of para-hydroxylation sites is 1. The number of aromatic nitrogens is 2. The molecule has 3 N–H and O–H groups in total. The molecule has 0 spiro atoms. The molecule has 1 saturated heterocycles. The molecule has 1 aromatic heterocycles. The number of hydrogen-bond donors (Lipinski definition) is 3. The van der Waals surface area contributed by atoms with E-state index in [1.54, 1.807) is 18.2 Å². The van der Waals surface area contributed by atoms with Gasteiger partial charge in [0, 0.05) is 57.2 Å². The molecule has 1 aliphatic rings. The number of nitrogens with zero attached hydrogens (tertiary/aromatic N) is 5. The van der Waals surface area contributed by atoms with Gasteiger partial charge in [0.05, 0.1) is 12.1 Å². The first kappa shape index (κ1) is 25.1. The third-order valence-corrected chi connectivity index (χ3v) is 5.58. The van der Waals surface area contributed by atoms with Crippen LogP contribution in [0.5, 0.6) is 5.75 Å². The molecule has 2 heterocycles. The van der Waals surface area contributed by atoms with Gasteiger partial charge in [-0.3, -0.25) is 9.79 Å². The summed E-state index contributed by atoms with van der Waals surface area (Å²) in [6.45, 7) is 9.16. The van der Waals surface area contributed by atoms with Crippen molar-refractivity contribution in [2.45, 2.75) is 20.3 Å². The van der Waals surface area contributed by atoms with E-state index >= 15 is 0 Å². The van der Waals surface area contributed by atoms with Gasteiger partial charge in [-0.05, 0) is 19.1 Å². The van der Waals surface area contributed by atoms with Crippen LogP contribution in [-0.2, 0) is 6.42 Å². The second-order valence-corrected chi connectivity index (χ2v) is 7.56. The summed E-state index contributed by atoms with van der Waals surface area (Å²) in [4.78, 5) is 25.9. The predicted molar refractivity (Wildman–Crippen MR) is 135 cm³/mol. The van der Waals surface area contributed by atoms with Crippen LogP contribution < -0.4 is 15.5 Å². The maximum Gasteiger partial charge on any atom is 0.255 e. The normalized spacial score (nSPS) is 14.2. The van der Waals surface area contributed by atoms with Gasteiger partial charge >= 0.3 is 0 Å². The number of carbonyl (C=O) groups excluding carboxylic acids is 1. The van der Waals surface area contributed by atoms with E-state index in [0.717, 1.165) is 56.1 Å².